The van der Waals surface area contributed by atoms with Crippen molar-refractivity contribution in [3.8, 4) is 0 Å². The van der Waals surface area contributed by atoms with Gasteiger partial charge >= 0.3 is 0 Å². The number of nitrogens with two attached hydrogens (primary N) is 1. The second kappa shape index (κ2) is 6.87. The number of hydrogen-bond donors (Lipinski definition) is 2. The number of anilines is 1. The van der Waals surface area contributed by atoms with Crippen molar-refractivity contribution in [1.82, 2.24) is 9.97 Å². The van der Waals surface area contributed by atoms with E-state index in [0.717, 1.165) is 16.7 Å². The van der Waals surface area contributed by atoms with Crippen molar-refractivity contribution in [2.45, 2.75) is 34.6 Å². The maximum absolute atomic E-state index is 5.51. The Balaban J connectivity index is 0.000000442. The minimum atomic E-state index is 0.566. The number of rotatable bonds is 0. The molecule has 3 heteroatoms. The van der Waals surface area contributed by atoms with Crippen molar-refractivity contribution in [2.24, 2.45) is 0 Å². The minimum absolute atomic E-state index is 0.566. The van der Waals surface area contributed by atoms with E-state index < -0.39 is 0 Å². The van der Waals surface area contributed by atoms with Crippen LogP contribution in [0.5, 0.6) is 0 Å². The van der Waals surface area contributed by atoms with Crippen LogP contribution in [0.3, 0.4) is 0 Å². The van der Waals surface area contributed by atoms with Crippen molar-refractivity contribution in [1.29, 1.82) is 0 Å². The Labute approximate surface area is 91.7 Å². The number of aromatic amines is 1. The second-order valence-corrected chi connectivity index (χ2v) is 2.62. The van der Waals surface area contributed by atoms with Crippen LogP contribution in [0.4, 0.5) is 5.82 Å². The van der Waals surface area contributed by atoms with Gasteiger partial charge in [0.05, 0.1) is 11.0 Å². The molecule has 15 heavy (non-hydrogen) atoms. The molecule has 0 radical (unpaired) electrons. The van der Waals surface area contributed by atoms with Gasteiger partial charge in [-0.2, -0.15) is 0 Å². The van der Waals surface area contributed by atoms with E-state index in [1.807, 2.05) is 46.8 Å². The molecule has 2 rings (SSSR count). The summed E-state index contributed by atoms with van der Waals surface area (Å²) in [6.45, 7) is 10.00. The molecule has 0 aliphatic rings. The number of pyridine rings is 1. The number of H-pyrrole nitrogens is 1. The van der Waals surface area contributed by atoms with Gasteiger partial charge in [-0.05, 0) is 25.1 Å². The number of fused-ring (bicyclic) bond motifs is 1. The fourth-order valence-electron chi connectivity index (χ4n) is 1.16. The molecule has 0 amide bonds. The number of aromatic nitrogens is 2. The third-order valence-electron chi connectivity index (χ3n) is 1.63. The molecule has 0 aliphatic carbocycles. The zero-order valence-electron chi connectivity index (χ0n) is 10.3. The Morgan fingerprint density at radius 2 is 1.73 bits per heavy atom. The van der Waals surface area contributed by atoms with E-state index in [1.54, 1.807) is 6.07 Å². The molecule has 3 N–H and O–H groups in total. The van der Waals surface area contributed by atoms with Gasteiger partial charge in [0.1, 0.15) is 5.82 Å². The van der Waals surface area contributed by atoms with E-state index in [9.17, 15) is 0 Å². The molecule has 2 aromatic rings. The lowest BCUT2D eigenvalue weighted by Gasteiger charge is -1.89. The molecule has 0 saturated carbocycles. The molecule has 0 spiro atoms. The number of aryl methyl sites for hydroxylation is 1. The highest BCUT2D eigenvalue weighted by Gasteiger charge is 1.97. The van der Waals surface area contributed by atoms with Crippen LogP contribution in [0.2, 0.25) is 0 Å². The monoisotopic (exact) mass is 207 g/mol. The summed E-state index contributed by atoms with van der Waals surface area (Å²) in [4.78, 5) is 7.31. The lowest BCUT2D eigenvalue weighted by Crippen LogP contribution is -1.87. The number of nitrogens with zero attached hydrogens (tertiary/aromatic N) is 1. The van der Waals surface area contributed by atoms with Gasteiger partial charge in [-0.3, -0.25) is 0 Å². The van der Waals surface area contributed by atoms with Crippen LogP contribution in [0, 0.1) is 6.92 Å². The number of nitrogen functional groups attached to an aromatic ring is 1. The highest BCUT2D eigenvalue weighted by molar-refractivity contribution is 5.77. The van der Waals surface area contributed by atoms with E-state index in [1.165, 1.54) is 0 Å². The SMILES string of the molecule is CC.CC.Cc1cc2nc(N)ccc2[nH]1. The summed E-state index contributed by atoms with van der Waals surface area (Å²) < 4.78 is 0. The van der Waals surface area contributed by atoms with E-state index >= 15 is 0 Å². The summed E-state index contributed by atoms with van der Waals surface area (Å²) in [6, 6.07) is 5.70. The summed E-state index contributed by atoms with van der Waals surface area (Å²) in [5.74, 6) is 0.566. The van der Waals surface area contributed by atoms with Gasteiger partial charge in [-0.25, -0.2) is 4.98 Å². The van der Waals surface area contributed by atoms with E-state index in [0.29, 0.717) is 5.82 Å². The van der Waals surface area contributed by atoms with Crippen molar-refractivity contribution in [3.05, 3.63) is 23.9 Å². The topological polar surface area (TPSA) is 54.7 Å². The Hall–Kier alpha value is -1.51. The van der Waals surface area contributed by atoms with Crippen molar-refractivity contribution >= 4 is 16.9 Å². The average molecular weight is 207 g/mol. The highest BCUT2D eigenvalue weighted by Crippen LogP contribution is 2.13. The molecule has 0 aromatic carbocycles. The summed E-state index contributed by atoms with van der Waals surface area (Å²) in [6.07, 6.45) is 0. The fraction of sp³-hybridized carbons (Fsp3) is 0.417. The fourth-order valence-corrected chi connectivity index (χ4v) is 1.16. The van der Waals surface area contributed by atoms with Crippen LogP contribution in [0.25, 0.3) is 11.0 Å². The van der Waals surface area contributed by atoms with E-state index in [2.05, 4.69) is 9.97 Å². The predicted molar refractivity (Wildman–Crippen MR) is 67.9 cm³/mol. The van der Waals surface area contributed by atoms with Crippen LogP contribution >= 0.6 is 0 Å². The normalized spacial score (nSPS) is 8.60. The van der Waals surface area contributed by atoms with Crippen molar-refractivity contribution in [2.75, 3.05) is 5.73 Å². The summed E-state index contributed by atoms with van der Waals surface area (Å²) in [5.41, 5.74) is 8.59. The van der Waals surface area contributed by atoms with Crippen LogP contribution in [0.1, 0.15) is 33.4 Å². The van der Waals surface area contributed by atoms with Crippen LogP contribution < -0.4 is 5.73 Å². The zero-order valence-corrected chi connectivity index (χ0v) is 10.3. The summed E-state index contributed by atoms with van der Waals surface area (Å²) in [7, 11) is 0. The molecule has 0 unspecified atom stereocenters. The standard InChI is InChI=1S/C8H9N3.2C2H6/c1-5-4-7-6(10-5)2-3-8(9)11-7;2*1-2/h2-4,10H,1H3,(H2,9,11);2*1-2H3. The van der Waals surface area contributed by atoms with Gasteiger partial charge in [0.25, 0.3) is 0 Å². The third-order valence-corrected chi connectivity index (χ3v) is 1.63. The first-order chi connectivity index (χ1) is 7.25. The van der Waals surface area contributed by atoms with Gasteiger partial charge in [-0.15, -0.1) is 0 Å². The maximum atomic E-state index is 5.51. The summed E-state index contributed by atoms with van der Waals surface area (Å²) >= 11 is 0. The van der Waals surface area contributed by atoms with Crippen molar-refractivity contribution in [3.63, 3.8) is 0 Å². The van der Waals surface area contributed by atoms with Gasteiger partial charge in [-0.1, -0.05) is 27.7 Å². The van der Waals surface area contributed by atoms with Crippen LogP contribution in [-0.4, -0.2) is 9.97 Å². The molecule has 3 nitrogen and oxygen atoms in total. The first-order valence-electron chi connectivity index (χ1n) is 5.47. The Bertz CT molecular complexity index is 391. The quantitative estimate of drug-likeness (QED) is 0.694. The van der Waals surface area contributed by atoms with Gasteiger partial charge < -0.3 is 10.7 Å². The van der Waals surface area contributed by atoms with Gasteiger partial charge in [0.15, 0.2) is 0 Å². The Kier molecular flexibility index (Phi) is 6.18. The highest BCUT2D eigenvalue weighted by atomic mass is 14.9. The average Bonchev–Trinajstić information content (AvgIpc) is 2.63. The number of nitrogens with one attached hydrogen (secondary N) is 1. The van der Waals surface area contributed by atoms with Crippen LogP contribution in [0.15, 0.2) is 18.2 Å². The minimum Gasteiger partial charge on any atom is -0.384 e. The Morgan fingerprint density at radius 3 is 2.33 bits per heavy atom. The lowest BCUT2D eigenvalue weighted by molar-refractivity contribution is 1.30. The molecular formula is C12H21N3. The lowest BCUT2D eigenvalue weighted by atomic mass is 10.4. The van der Waals surface area contributed by atoms with E-state index in [4.69, 9.17) is 5.73 Å². The molecule has 0 fully saturated rings. The first-order valence-corrected chi connectivity index (χ1v) is 5.47. The first kappa shape index (κ1) is 13.5. The van der Waals surface area contributed by atoms with Gasteiger partial charge in [0, 0.05) is 5.69 Å². The molecule has 2 aromatic heterocycles. The molecule has 84 valence electrons. The molecule has 0 bridgehead atoms. The molecule has 2 heterocycles. The molecule has 0 saturated heterocycles. The summed E-state index contributed by atoms with van der Waals surface area (Å²) in [5, 5.41) is 0. The second-order valence-electron chi connectivity index (χ2n) is 2.62. The maximum Gasteiger partial charge on any atom is 0.124 e. The molecule has 0 atom stereocenters. The number of hydrogen-bond acceptors (Lipinski definition) is 2. The van der Waals surface area contributed by atoms with Gasteiger partial charge in [0.2, 0.25) is 0 Å². The predicted octanol–water partition coefficient (Wildman–Crippen LogP) is 3.51. The zero-order chi connectivity index (χ0) is 11.8. The van der Waals surface area contributed by atoms with Crippen LogP contribution in [-0.2, 0) is 0 Å². The largest absolute Gasteiger partial charge is 0.384 e. The third kappa shape index (κ3) is 3.62. The van der Waals surface area contributed by atoms with E-state index in [-0.39, 0.29) is 0 Å². The van der Waals surface area contributed by atoms with Crippen molar-refractivity contribution < 1.29 is 0 Å². The Morgan fingerprint density at radius 1 is 1.13 bits per heavy atom. The smallest absolute Gasteiger partial charge is 0.124 e. The molecular weight excluding hydrogens is 186 g/mol. The molecule has 0 aliphatic heterocycles.